The van der Waals surface area contributed by atoms with Gasteiger partial charge in [0.1, 0.15) is 5.01 Å². The van der Waals surface area contributed by atoms with Crippen LogP contribution in [0.25, 0.3) is 0 Å². The van der Waals surface area contributed by atoms with Crippen LogP contribution in [0, 0.1) is 0 Å². The molecule has 0 bridgehead atoms. The van der Waals surface area contributed by atoms with E-state index in [2.05, 4.69) is 29.5 Å². The summed E-state index contributed by atoms with van der Waals surface area (Å²) in [5.74, 6) is 0.411. The Balaban J connectivity index is 2.21. The van der Waals surface area contributed by atoms with Crippen molar-refractivity contribution in [3.63, 3.8) is 0 Å². The van der Waals surface area contributed by atoms with Crippen molar-refractivity contribution >= 4 is 17.2 Å². The third-order valence-electron chi connectivity index (χ3n) is 2.37. The Bertz CT molecular complexity index is 366. The predicted octanol–water partition coefficient (Wildman–Crippen LogP) is 1.12. The summed E-state index contributed by atoms with van der Waals surface area (Å²) >= 11 is 1.59. The average Bonchev–Trinajstić information content (AvgIpc) is 2.81. The second-order valence-corrected chi connectivity index (χ2v) is 5.21. The second kappa shape index (κ2) is 8.18. The summed E-state index contributed by atoms with van der Waals surface area (Å²) in [7, 11) is 1.64. The highest BCUT2D eigenvalue weighted by molar-refractivity contribution is 7.09. The SMILES string of the molecule is COCCNCC(=O)NCc1nc(C(C)C)cs1. The maximum absolute atomic E-state index is 11.5. The fourth-order valence-corrected chi connectivity index (χ4v) is 2.18. The van der Waals surface area contributed by atoms with Crippen molar-refractivity contribution in [3.8, 4) is 0 Å². The number of thiazole rings is 1. The molecule has 18 heavy (non-hydrogen) atoms. The van der Waals surface area contributed by atoms with Gasteiger partial charge in [-0.25, -0.2) is 4.98 Å². The third kappa shape index (κ3) is 5.57. The number of aromatic nitrogens is 1. The van der Waals surface area contributed by atoms with E-state index in [9.17, 15) is 4.79 Å². The van der Waals surface area contributed by atoms with Gasteiger partial charge < -0.3 is 15.4 Å². The molecule has 0 aliphatic heterocycles. The molecule has 0 saturated carbocycles. The van der Waals surface area contributed by atoms with E-state index in [1.165, 1.54) is 0 Å². The maximum atomic E-state index is 11.5. The fraction of sp³-hybridized carbons (Fsp3) is 0.667. The maximum Gasteiger partial charge on any atom is 0.234 e. The number of hydrogen-bond donors (Lipinski definition) is 2. The van der Waals surface area contributed by atoms with E-state index in [1.807, 2.05) is 5.38 Å². The second-order valence-electron chi connectivity index (χ2n) is 4.27. The average molecular weight is 271 g/mol. The summed E-state index contributed by atoms with van der Waals surface area (Å²) in [6.45, 7) is 6.32. The van der Waals surface area contributed by atoms with Crippen LogP contribution in [0.1, 0.15) is 30.5 Å². The van der Waals surface area contributed by atoms with E-state index in [1.54, 1.807) is 18.4 Å². The number of nitrogens with one attached hydrogen (secondary N) is 2. The van der Waals surface area contributed by atoms with Gasteiger partial charge in [-0.2, -0.15) is 0 Å². The standard InChI is InChI=1S/C12H21N3O2S/c1-9(2)10-8-18-12(15-10)7-14-11(16)6-13-4-5-17-3/h8-9,13H,4-7H2,1-3H3,(H,14,16). The molecular formula is C12H21N3O2S. The Morgan fingerprint density at radius 3 is 2.94 bits per heavy atom. The molecule has 0 aliphatic carbocycles. The van der Waals surface area contributed by atoms with Crippen molar-refractivity contribution in [3.05, 3.63) is 16.1 Å². The smallest absolute Gasteiger partial charge is 0.234 e. The first-order valence-electron chi connectivity index (χ1n) is 6.04. The highest BCUT2D eigenvalue weighted by atomic mass is 32.1. The van der Waals surface area contributed by atoms with Crippen molar-refractivity contribution in [1.82, 2.24) is 15.6 Å². The van der Waals surface area contributed by atoms with Crippen molar-refractivity contribution < 1.29 is 9.53 Å². The lowest BCUT2D eigenvalue weighted by Gasteiger charge is -2.04. The zero-order chi connectivity index (χ0) is 13.4. The molecule has 0 saturated heterocycles. The van der Waals surface area contributed by atoms with Gasteiger partial charge in [0.2, 0.25) is 5.91 Å². The van der Waals surface area contributed by atoms with Gasteiger partial charge in [0.05, 0.1) is 25.4 Å². The van der Waals surface area contributed by atoms with Crippen molar-refractivity contribution in [2.24, 2.45) is 0 Å². The molecule has 0 fully saturated rings. The Kier molecular flexibility index (Phi) is 6.85. The number of nitrogens with zero attached hydrogens (tertiary/aromatic N) is 1. The van der Waals surface area contributed by atoms with Crippen LogP contribution >= 0.6 is 11.3 Å². The Hall–Kier alpha value is -0.980. The molecule has 5 nitrogen and oxygen atoms in total. The molecule has 1 amide bonds. The molecule has 0 unspecified atom stereocenters. The normalized spacial score (nSPS) is 10.9. The van der Waals surface area contributed by atoms with Crippen LogP contribution in [0.5, 0.6) is 0 Å². The lowest BCUT2D eigenvalue weighted by atomic mass is 10.2. The van der Waals surface area contributed by atoms with Crippen LogP contribution in [0.3, 0.4) is 0 Å². The Morgan fingerprint density at radius 1 is 1.56 bits per heavy atom. The summed E-state index contributed by atoms with van der Waals surface area (Å²) in [6.07, 6.45) is 0. The molecular weight excluding hydrogens is 250 g/mol. The first kappa shape index (κ1) is 15.1. The predicted molar refractivity (Wildman–Crippen MR) is 72.8 cm³/mol. The Morgan fingerprint density at radius 2 is 2.33 bits per heavy atom. The lowest BCUT2D eigenvalue weighted by Crippen LogP contribution is -2.34. The molecule has 0 spiro atoms. The molecule has 0 atom stereocenters. The van der Waals surface area contributed by atoms with Crippen LogP contribution in [0.4, 0.5) is 0 Å². The van der Waals surface area contributed by atoms with Crippen LogP contribution in [0.15, 0.2) is 5.38 Å². The molecule has 102 valence electrons. The van der Waals surface area contributed by atoms with Gasteiger partial charge in [0.25, 0.3) is 0 Å². The van der Waals surface area contributed by atoms with Crippen molar-refractivity contribution in [2.75, 3.05) is 26.8 Å². The van der Waals surface area contributed by atoms with Gasteiger partial charge in [-0.05, 0) is 5.92 Å². The van der Waals surface area contributed by atoms with Crippen LogP contribution in [0.2, 0.25) is 0 Å². The van der Waals surface area contributed by atoms with Crippen molar-refractivity contribution in [1.29, 1.82) is 0 Å². The molecule has 1 rings (SSSR count). The first-order valence-corrected chi connectivity index (χ1v) is 6.92. The van der Waals surface area contributed by atoms with Gasteiger partial charge in [0.15, 0.2) is 0 Å². The minimum atomic E-state index is -0.0209. The third-order valence-corrected chi connectivity index (χ3v) is 3.23. The number of methoxy groups -OCH3 is 1. The highest BCUT2D eigenvalue weighted by Gasteiger charge is 2.06. The largest absolute Gasteiger partial charge is 0.383 e. The number of amides is 1. The van der Waals surface area contributed by atoms with E-state index >= 15 is 0 Å². The summed E-state index contributed by atoms with van der Waals surface area (Å²) in [5, 5.41) is 8.82. The molecule has 1 heterocycles. The van der Waals surface area contributed by atoms with Gasteiger partial charge in [-0.3, -0.25) is 4.79 Å². The van der Waals surface area contributed by atoms with Gasteiger partial charge in [-0.15, -0.1) is 11.3 Å². The molecule has 0 radical (unpaired) electrons. The van der Waals surface area contributed by atoms with E-state index in [-0.39, 0.29) is 5.91 Å². The van der Waals surface area contributed by atoms with Crippen LogP contribution in [-0.4, -0.2) is 37.7 Å². The van der Waals surface area contributed by atoms with Crippen molar-refractivity contribution in [2.45, 2.75) is 26.3 Å². The monoisotopic (exact) mass is 271 g/mol. The number of hydrogen-bond acceptors (Lipinski definition) is 5. The van der Waals surface area contributed by atoms with Gasteiger partial charge in [-0.1, -0.05) is 13.8 Å². The highest BCUT2D eigenvalue weighted by Crippen LogP contribution is 2.17. The quantitative estimate of drug-likeness (QED) is 0.696. The topological polar surface area (TPSA) is 63.2 Å². The van der Waals surface area contributed by atoms with Gasteiger partial charge in [0, 0.05) is 19.0 Å². The summed E-state index contributed by atoms with van der Waals surface area (Å²) < 4.78 is 4.88. The van der Waals surface area contributed by atoms with E-state index in [0.717, 1.165) is 10.7 Å². The summed E-state index contributed by atoms with van der Waals surface area (Å²) in [5.41, 5.74) is 1.09. The molecule has 2 N–H and O–H groups in total. The van der Waals surface area contributed by atoms with Crippen LogP contribution < -0.4 is 10.6 Å². The number of carbonyl (C=O) groups is 1. The minimum absolute atomic E-state index is 0.0209. The minimum Gasteiger partial charge on any atom is -0.383 e. The van der Waals surface area contributed by atoms with E-state index in [0.29, 0.717) is 32.2 Å². The molecule has 1 aromatic heterocycles. The lowest BCUT2D eigenvalue weighted by molar-refractivity contribution is -0.120. The van der Waals surface area contributed by atoms with E-state index in [4.69, 9.17) is 4.74 Å². The summed E-state index contributed by atoms with van der Waals surface area (Å²) in [6, 6.07) is 0. The molecule has 6 heteroatoms. The Labute approximate surface area is 112 Å². The number of rotatable bonds is 8. The molecule has 0 aromatic carbocycles. The molecule has 0 aliphatic rings. The zero-order valence-electron chi connectivity index (χ0n) is 11.2. The zero-order valence-corrected chi connectivity index (χ0v) is 12.0. The van der Waals surface area contributed by atoms with Crippen LogP contribution in [-0.2, 0) is 16.1 Å². The number of carbonyl (C=O) groups excluding carboxylic acids is 1. The molecule has 1 aromatic rings. The summed E-state index contributed by atoms with van der Waals surface area (Å²) in [4.78, 5) is 15.9. The van der Waals surface area contributed by atoms with Gasteiger partial charge >= 0.3 is 0 Å². The van der Waals surface area contributed by atoms with E-state index < -0.39 is 0 Å². The first-order chi connectivity index (χ1) is 8.63. The fourth-order valence-electron chi connectivity index (χ4n) is 1.28. The number of ether oxygens (including phenoxy) is 1.